The first kappa shape index (κ1) is 12.7. The molecular weight excluding hydrogens is 268 g/mol. The van der Waals surface area contributed by atoms with Crippen LogP contribution in [0.25, 0.3) is 0 Å². The molecule has 1 nitrogen and oxygen atoms in total. The second-order valence-corrected chi connectivity index (χ2v) is 11.4. The third kappa shape index (κ3) is 4.75. The van der Waals surface area contributed by atoms with Crippen LogP contribution < -0.4 is 0 Å². The first-order valence-electron chi connectivity index (χ1n) is 5.13. The molecule has 0 aliphatic heterocycles. The monoisotopic (exact) mass is 284 g/mol. The normalized spacial score (nSPS) is 11.5. The summed E-state index contributed by atoms with van der Waals surface area (Å²) in [5, 5.41) is 0. The van der Waals surface area contributed by atoms with E-state index in [-0.39, 0.29) is 0 Å². The molecule has 15 heavy (non-hydrogen) atoms. The Bertz CT molecular complexity index is 355. The molecule has 3 heteroatoms. The number of Topliss-reactive ketones (excluding diaryl/α,β-unsaturated/α-hetero) is 1. The molecule has 1 aromatic carbocycles. The highest BCUT2D eigenvalue weighted by Crippen LogP contribution is 2.18. The molecule has 0 aliphatic rings. The van der Waals surface area contributed by atoms with E-state index in [4.69, 9.17) is 0 Å². The van der Waals surface area contributed by atoms with Crippen LogP contribution in [0.4, 0.5) is 0 Å². The Morgan fingerprint density at radius 3 is 2.40 bits per heavy atom. The zero-order valence-corrected chi connectivity index (χ0v) is 12.1. The molecule has 0 aromatic heterocycles. The van der Waals surface area contributed by atoms with Crippen LogP contribution in [0.1, 0.15) is 5.56 Å². The van der Waals surface area contributed by atoms with Crippen molar-refractivity contribution in [2.45, 2.75) is 32.1 Å². The highest BCUT2D eigenvalue weighted by Gasteiger charge is 2.18. The van der Waals surface area contributed by atoms with Crippen molar-refractivity contribution in [3.05, 3.63) is 34.3 Å². The lowest BCUT2D eigenvalue weighted by Gasteiger charge is -2.14. The smallest absolute Gasteiger partial charge is 0.134 e. The predicted octanol–water partition coefficient (Wildman–Crippen LogP) is 3.90. The van der Waals surface area contributed by atoms with Crippen molar-refractivity contribution in [3.63, 3.8) is 0 Å². The van der Waals surface area contributed by atoms with Crippen LogP contribution in [0.5, 0.6) is 0 Å². The van der Waals surface area contributed by atoms with Gasteiger partial charge in [-0.25, -0.2) is 0 Å². The summed E-state index contributed by atoms with van der Waals surface area (Å²) < 4.78 is 1.04. The van der Waals surface area contributed by atoms with E-state index in [1.165, 1.54) is 0 Å². The van der Waals surface area contributed by atoms with Gasteiger partial charge >= 0.3 is 0 Å². The zero-order valence-electron chi connectivity index (χ0n) is 9.51. The van der Waals surface area contributed by atoms with Gasteiger partial charge in [0.25, 0.3) is 0 Å². The van der Waals surface area contributed by atoms with Crippen molar-refractivity contribution >= 4 is 29.8 Å². The molecule has 0 saturated heterocycles. The SMILES string of the molecule is C[Si](C)(C)CC(=O)Cc1ccccc1Br. The number of benzene rings is 1. The van der Waals surface area contributed by atoms with E-state index < -0.39 is 8.07 Å². The molecular formula is C12H17BrOSi. The number of carbonyl (C=O) groups is 1. The zero-order chi connectivity index (χ0) is 11.5. The lowest BCUT2D eigenvalue weighted by molar-refractivity contribution is -0.116. The lowest BCUT2D eigenvalue weighted by Crippen LogP contribution is -2.24. The molecule has 82 valence electrons. The van der Waals surface area contributed by atoms with Crippen molar-refractivity contribution in [3.8, 4) is 0 Å². The number of halogens is 1. The molecule has 0 heterocycles. The van der Waals surface area contributed by atoms with Gasteiger partial charge in [0.1, 0.15) is 5.78 Å². The van der Waals surface area contributed by atoms with E-state index in [9.17, 15) is 4.79 Å². The summed E-state index contributed by atoms with van der Waals surface area (Å²) >= 11 is 3.46. The summed E-state index contributed by atoms with van der Waals surface area (Å²) in [7, 11) is -1.26. The number of ketones is 1. The average Bonchev–Trinajstić information content (AvgIpc) is 2.05. The summed E-state index contributed by atoms with van der Waals surface area (Å²) in [6, 6.07) is 8.70. The lowest BCUT2D eigenvalue weighted by atomic mass is 10.1. The van der Waals surface area contributed by atoms with Crippen LogP contribution in [0, 0.1) is 0 Å². The molecule has 0 N–H and O–H groups in total. The molecule has 0 saturated carbocycles. The molecule has 0 unspecified atom stereocenters. The number of carbonyl (C=O) groups excluding carboxylic acids is 1. The van der Waals surface area contributed by atoms with Gasteiger partial charge in [0, 0.05) is 16.9 Å². The third-order valence-corrected chi connectivity index (χ3v) is 4.30. The second-order valence-electron chi connectivity index (χ2n) is 5.04. The molecule has 1 rings (SSSR count). The van der Waals surface area contributed by atoms with Gasteiger partial charge in [-0.3, -0.25) is 4.79 Å². The van der Waals surface area contributed by atoms with Gasteiger partial charge in [-0.15, -0.1) is 0 Å². The van der Waals surface area contributed by atoms with Crippen LogP contribution >= 0.6 is 15.9 Å². The number of hydrogen-bond acceptors (Lipinski definition) is 1. The van der Waals surface area contributed by atoms with Crippen molar-refractivity contribution in [2.75, 3.05) is 0 Å². The number of rotatable bonds is 4. The summed E-state index contributed by atoms with van der Waals surface area (Å²) in [5.74, 6) is 0.362. The Balaban J connectivity index is 2.64. The third-order valence-electron chi connectivity index (χ3n) is 2.07. The van der Waals surface area contributed by atoms with E-state index in [1.54, 1.807) is 0 Å². The standard InChI is InChI=1S/C12H17BrOSi/c1-15(2,3)9-11(14)8-10-6-4-5-7-12(10)13/h4-7H,8-9H2,1-3H3. The minimum Gasteiger partial charge on any atom is -0.300 e. The Kier molecular flexibility index (Phi) is 4.29. The van der Waals surface area contributed by atoms with Gasteiger partial charge in [-0.1, -0.05) is 53.8 Å². The highest BCUT2D eigenvalue weighted by molar-refractivity contribution is 9.10. The Hall–Kier alpha value is -0.413. The molecule has 0 radical (unpaired) electrons. The molecule has 0 amide bonds. The second kappa shape index (κ2) is 5.08. The van der Waals surface area contributed by atoms with Gasteiger partial charge < -0.3 is 0 Å². The maximum absolute atomic E-state index is 11.8. The summed E-state index contributed by atoms with van der Waals surface area (Å²) in [4.78, 5) is 11.8. The summed E-state index contributed by atoms with van der Waals surface area (Å²) in [6.07, 6.45) is 0.561. The van der Waals surface area contributed by atoms with Crippen LogP contribution in [0.2, 0.25) is 25.7 Å². The number of hydrogen-bond donors (Lipinski definition) is 0. The maximum atomic E-state index is 11.8. The van der Waals surface area contributed by atoms with E-state index >= 15 is 0 Å². The quantitative estimate of drug-likeness (QED) is 0.767. The van der Waals surface area contributed by atoms with Crippen molar-refractivity contribution < 1.29 is 4.79 Å². The molecule has 0 bridgehead atoms. The average molecular weight is 285 g/mol. The van der Waals surface area contributed by atoms with E-state index in [2.05, 4.69) is 35.6 Å². The topological polar surface area (TPSA) is 17.1 Å². The van der Waals surface area contributed by atoms with E-state index in [0.29, 0.717) is 12.2 Å². The fourth-order valence-corrected chi connectivity index (χ4v) is 3.24. The minimum atomic E-state index is -1.26. The van der Waals surface area contributed by atoms with Gasteiger partial charge in [0.2, 0.25) is 0 Å². The largest absolute Gasteiger partial charge is 0.300 e. The van der Waals surface area contributed by atoms with Crippen molar-refractivity contribution in [2.24, 2.45) is 0 Å². The molecule has 0 atom stereocenters. The van der Waals surface area contributed by atoms with Crippen LogP contribution in [0.15, 0.2) is 28.7 Å². The molecule has 0 fully saturated rings. The van der Waals surface area contributed by atoms with Crippen LogP contribution in [0.3, 0.4) is 0 Å². The Labute approximate surface area is 101 Å². The fraction of sp³-hybridized carbons (Fsp3) is 0.417. The highest BCUT2D eigenvalue weighted by atomic mass is 79.9. The Morgan fingerprint density at radius 2 is 1.87 bits per heavy atom. The van der Waals surface area contributed by atoms with Gasteiger partial charge in [0.05, 0.1) is 8.07 Å². The summed E-state index contributed by atoms with van der Waals surface area (Å²) in [6.45, 7) is 6.68. The van der Waals surface area contributed by atoms with Crippen molar-refractivity contribution in [1.29, 1.82) is 0 Å². The molecule has 0 aliphatic carbocycles. The van der Waals surface area contributed by atoms with E-state index in [1.807, 2.05) is 24.3 Å². The minimum absolute atomic E-state index is 0.362. The van der Waals surface area contributed by atoms with Gasteiger partial charge in [-0.05, 0) is 11.6 Å². The van der Waals surface area contributed by atoms with Crippen LogP contribution in [-0.4, -0.2) is 13.9 Å². The van der Waals surface area contributed by atoms with Crippen LogP contribution in [-0.2, 0) is 11.2 Å². The maximum Gasteiger partial charge on any atom is 0.134 e. The van der Waals surface area contributed by atoms with E-state index in [0.717, 1.165) is 16.1 Å². The van der Waals surface area contributed by atoms with Gasteiger partial charge in [-0.2, -0.15) is 0 Å². The first-order chi connectivity index (χ1) is 6.88. The predicted molar refractivity (Wildman–Crippen MR) is 71.0 cm³/mol. The Morgan fingerprint density at radius 1 is 1.27 bits per heavy atom. The fourth-order valence-electron chi connectivity index (χ4n) is 1.51. The molecule has 0 spiro atoms. The first-order valence-corrected chi connectivity index (χ1v) is 9.63. The molecule has 1 aromatic rings. The van der Waals surface area contributed by atoms with Gasteiger partial charge in [0.15, 0.2) is 0 Å². The summed E-state index contributed by atoms with van der Waals surface area (Å²) in [5.41, 5.74) is 1.10. The van der Waals surface area contributed by atoms with Crippen molar-refractivity contribution in [1.82, 2.24) is 0 Å².